The third-order valence-electron chi connectivity index (χ3n) is 4.28. The molecule has 2 rings (SSSR count). The highest BCUT2D eigenvalue weighted by Crippen LogP contribution is 2.44. The summed E-state index contributed by atoms with van der Waals surface area (Å²) in [6, 6.07) is 0.641. The van der Waals surface area contributed by atoms with Crippen molar-refractivity contribution in [3.63, 3.8) is 0 Å². The van der Waals surface area contributed by atoms with Crippen LogP contribution in [0.25, 0.3) is 0 Å². The lowest BCUT2D eigenvalue weighted by Gasteiger charge is -2.28. The number of fused-ring (bicyclic) bond motifs is 2. The van der Waals surface area contributed by atoms with Crippen molar-refractivity contribution in [1.82, 2.24) is 5.32 Å². The van der Waals surface area contributed by atoms with Gasteiger partial charge in [0.15, 0.2) is 0 Å². The Morgan fingerprint density at radius 2 is 2.12 bits per heavy atom. The highest BCUT2D eigenvalue weighted by Gasteiger charge is 2.40. The second-order valence-corrected chi connectivity index (χ2v) is 6.04. The molecule has 0 aromatic carbocycles. The number of rotatable bonds is 4. The van der Waals surface area contributed by atoms with Crippen LogP contribution in [0.4, 0.5) is 0 Å². The first kappa shape index (κ1) is 11.9. The standard InChI is InChI=1S/C13H23NO2/c1-13(2,12(15)16-3)8-14-11-7-9-4-5-10(11)6-9/h9-11,14H,4-8H2,1-3H3. The highest BCUT2D eigenvalue weighted by molar-refractivity contribution is 5.76. The molecule has 0 amide bonds. The molecule has 0 aliphatic heterocycles. The van der Waals surface area contributed by atoms with Gasteiger partial charge in [-0.2, -0.15) is 0 Å². The maximum absolute atomic E-state index is 11.5. The molecular formula is C13H23NO2. The fraction of sp³-hybridized carbons (Fsp3) is 0.923. The van der Waals surface area contributed by atoms with Crippen molar-refractivity contribution >= 4 is 5.97 Å². The number of carbonyl (C=O) groups excluding carboxylic acids is 1. The Kier molecular flexibility index (Phi) is 3.24. The molecule has 0 saturated heterocycles. The molecule has 2 bridgehead atoms. The molecule has 3 unspecified atom stereocenters. The summed E-state index contributed by atoms with van der Waals surface area (Å²) in [7, 11) is 1.46. The summed E-state index contributed by atoms with van der Waals surface area (Å²) in [5, 5.41) is 3.57. The van der Waals surface area contributed by atoms with Gasteiger partial charge in [-0.15, -0.1) is 0 Å². The van der Waals surface area contributed by atoms with Crippen LogP contribution in [0.15, 0.2) is 0 Å². The number of carbonyl (C=O) groups is 1. The van der Waals surface area contributed by atoms with E-state index < -0.39 is 5.41 Å². The van der Waals surface area contributed by atoms with Gasteiger partial charge in [-0.05, 0) is 44.9 Å². The molecule has 3 atom stereocenters. The van der Waals surface area contributed by atoms with E-state index in [1.807, 2.05) is 13.8 Å². The normalized spacial score (nSPS) is 33.1. The molecule has 0 spiro atoms. The summed E-state index contributed by atoms with van der Waals surface area (Å²) in [4.78, 5) is 11.5. The minimum absolute atomic E-state index is 0.122. The molecule has 16 heavy (non-hydrogen) atoms. The average Bonchev–Trinajstić information content (AvgIpc) is 2.86. The summed E-state index contributed by atoms with van der Waals surface area (Å²) in [6.45, 7) is 4.62. The van der Waals surface area contributed by atoms with Gasteiger partial charge in [-0.25, -0.2) is 0 Å². The molecule has 3 heteroatoms. The summed E-state index contributed by atoms with van der Waals surface area (Å²) in [5.41, 5.74) is -0.406. The second kappa shape index (κ2) is 4.36. The number of hydrogen-bond donors (Lipinski definition) is 1. The number of hydrogen-bond acceptors (Lipinski definition) is 3. The van der Waals surface area contributed by atoms with E-state index >= 15 is 0 Å². The number of nitrogens with one attached hydrogen (secondary N) is 1. The Bertz CT molecular complexity index is 275. The predicted octanol–water partition coefficient (Wildman–Crippen LogP) is 1.96. The van der Waals surface area contributed by atoms with Crippen LogP contribution in [0.3, 0.4) is 0 Å². The molecule has 3 nitrogen and oxygen atoms in total. The molecule has 0 aromatic rings. The summed E-state index contributed by atoms with van der Waals surface area (Å²) in [5.74, 6) is 1.69. The lowest BCUT2D eigenvalue weighted by Crippen LogP contribution is -2.43. The van der Waals surface area contributed by atoms with Gasteiger partial charge in [0.25, 0.3) is 0 Å². The zero-order valence-corrected chi connectivity index (χ0v) is 10.6. The maximum Gasteiger partial charge on any atom is 0.312 e. The third-order valence-corrected chi connectivity index (χ3v) is 4.28. The van der Waals surface area contributed by atoms with E-state index in [-0.39, 0.29) is 5.97 Å². The Morgan fingerprint density at radius 3 is 2.62 bits per heavy atom. The van der Waals surface area contributed by atoms with Crippen LogP contribution in [-0.4, -0.2) is 25.7 Å². The van der Waals surface area contributed by atoms with Crippen LogP contribution in [0.1, 0.15) is 39.5 Å². The molecule has 2 aliphatic carbocycles. The lowest BCUT2D eigenvalue weighted by atomic mass is 9.90. The summed E-state index contributed by atoms with van der Waals surface area (Å²) < 4.78 is 4.81. The second-order valence-electron chi connectivity index (χ2n) is 6.04. The number of methoxy groups -OCH3 is 1. The Balaban J connectivity index is 1.81. The van der Waals surface area contributed by atoms with Crippen molar-refractivity contribution in [2.75, 3.05) is 13.7 Å². The van der Waals surface area contributed by atoms with Gasteiger partial charge in [0.2, 0.25) is 0 Å². The molecule has 2 saturated carbocycles. The molecule has 1 N–H and O–H groups in total. The Morgan fingerprint density at radius 1 is 1.38 bits per heavy atom. The zero-order valence-electron chi connectivity index (χ0n) is 10.6. The first-order chi connectivity index (χ1) is 7.53. The van der Waals surface area contributed by atoms with Gasteiger partial charge in [0, 0.05) is 12.6 Å². The van der Waals surface area contributed by atoms with Crippen molar-refractivity contribution in [2.24, 2.45) is 17.3 Å². The van der Waals surface area contributed by atoms with E-state index in [0.29, 0.717) is 6.04 Å². The van der Waals surface area contributed by atoms with E-state index in [4.69, 9.17) is 4.74 Å². The zero-order chi connectivity index (χ0) is 11.8. The van der Waals surface area contributed by atoms with Gasteiger partial charge in [0.1, 0.15) is 0 Å². The van der Waals surface area contributed by atoms with Crippen molar-refractivity contribution in [3.05, 3.63) is 0 Å². The van der Waals surface area contributed by atoms with E-state index in [1.54, 1.807) is 0 Å². The first-order valence-electron chi connectivity index (χ1n) is 6.35. The largest absolute Gasteiger partial charge is 0.469 e. The minimum Gasteiger partial charge on any atom is -0.469 e. The van der Waals surface area contributed by atoms with Crippen LogP contribution in [0.5, 0.6) is 0 Å². The smallest absolute Gasteiger partial charge is 0.312 e. The summed E-state index contributed by atoms with van der Waals surface area (Å²) in [6.07, 6.45) is 5.50. The highest BCUT2D eigenvalue weighted by atomic mass is 16.5. The van der Waals surface area contributed by atoms with Crippen LogP contribution < -0.4 is 5.32 Å². The van der Waals surface area contributed by atoms with Crippen molar-refractivity contribution in [1.29, 1.82) is 0 Å². The van der Waals surface area contributed by atoms with E-state index in [1.165, 1.54) is 32.8 Å². The minimum atomic E-state index is -0.406. The molecule has 2 aliphatic rings. The van der Waals surface area contributed by atoms with Crippen LogP contribution in [-0.2, 0) is 9.53 Å². The van der Waals surface area contributed by atoms with Gasteiger partial charge in [0.05, 0.1) is 12.5 Å². The Hall–Kier alpha value is -0.570. The van der Waals surface area contributed by atoms with E-state index in [2.05, 4.69) is 5.32 Å². The van der Waals surface area contributed by atoms with Crippen molar-refractivity contribution in [2.45, 2.75) is 45.6 Å². The van der Waals surface area contributed by atoms with Crippen molar-refractivity contribution in [3.8, 4) is 0 Å². The van der Waals surface area contributed by atoms with Crippen LogP contribution >= 0.6 is 0 Å². The quantitative estimate of drug-likeness (QED) is 0.743. The monoisotopic (exact) mass is 225 g/mol. The molecule has 0 aromatic heterocycles. The summed E-state index contributed by atoms with van der Waals surface area (Å²) >= 11 is 0. The van der Waals surface area contributed by atoms with E-state index in [9.17, 15) is 4.79 Å². The van der Waals surface area contributed by atoms with Crippen molar-refractivity contribution < 1.29 is 9.53 Å². The van der Waals surface area contributed by atoms with Gasteiger partial charge in [-0.1, -0.05) is 6.42 Å². The molecule has 0 heterocycles. The van der Waals surface area contributed by atoms with Gasteiger partial charge in [-0.3, -0.25) is 4.79 Å². The SMILES string of the molecule is COC(=O)C(C)(C)CNC1CC2CCC1C2. The van der Waals surface area contributed by atoms with E-state index in [0.717, 1.165) is 18.4 Å². The molecular weight excluding hydrogens is 202 g/mol. The first-order valence-corrected chi connectivity index (χ1v) is 6.35. The molecule has 2 fully saturated rings. The average molecular weight is 225 g/mol. The Labute approximate surface area is 97.9 Å². The van der Waals surface area contributed by atoms with Crippen LogP contribution in [0.2, 0.25) is 0 Å². The third kappa shape index (κ3) is 2.24. The maximum atomic E-state index is 11.5. The fourth-order valence-electron chi connectivity index (χ4n) is 3.23. The molecule has 92 valence electrons. The van der Waals surface area contributed by atoms with Crippen LogP contribution in [0, 0.1) is 17.3 Å². The fourth-order valence-corrected chi connectivity index (χ4v) is 3.23. The predicted molar refractivity (Wildman–Crippen MR) is 63.0 cm³/mol. The number of ether oxygens (including phenoxy) is 1. The topological polar surface area (TPSA) is 38.3 Å². The lowest BCUT2D eigenvalue weighted by molar-refractivity contribution is -0.150. The van der Waals surface area contributed by atoms with Gasteiger partial charge >= 0.3 is 5.97 Å². The number of esters is 1. The van der Waals surface area contributed by atoms with Gasteiger partial charge < -0.3 is 10.1 Å². The molecule has 0 radical (unpaired) electrons.